The van der Waals surface area contributed by atoms with Crippen LogP contribution in [-0.4, -0.2) is 17.4 Å². The highest BCUT2D eigenvalue weighted by Crippen LogP contribution is 2.33. The van der Waals surface area contributed by atoms with E-state index >= 15 is 0 Å². The van der Waals surface area contributed by atoms with Crippen LogP contribution in [0.2, 0.25) is 0 Å². The smallest absolute Gasteiger partial charge is 0.229 e. The summed E-state index contributed by atoms with van der Waals surface area (Å²) in [5.41, 5.74) is 6.97. The molecule has 6 heteroatoms. The number of nitrogens with zero attached hydrogens (tertiary/aromatic N) is 1. The van der Waals surface area contributed by atoms with E-state index in [2.05, 4.69) is 10.3 Å². The Balaban J connectivity index is 0.00000161. The summed E-state index contributed by atoms with van der Waals surface area (Å²) in [5, 5.41) is 3.83. The van der Waals surface area contributed by atoms with Gasteiger partial charge in [0.15, 0.2) is 5.13 Å². The van der Waals surface area contributed by atoms with Crippen LogP contribution in [0.5, 0.6) is 0 Å². The molecule has 3 N–H and O–H groups in total. The minimum absolute atomic E-state index is 0. The van der Waals surface area contributed by atoms with Gasteiger partial charge in [-0.05, 0) is 51.0 Å². The largest absolute Gasteiger partial charge is 0.330 e. The van der Waals surface area contributed by atoms with Crippen LogP contribution in [0.25, 0.3) is 0 Å². The summed E-state index contributed by atoms with van der Waals surface area (Å²) in [4.78, 5) is 18.4. The molecule has 2 atom stereocenters. The van der Waals surface area contributed by atoms with Crippen LogP contribution in [0.3, 0.4) is 0 Å². The number of aromatic nitrogens is 1. The van der Waals surface area contributed by atoms with E-state index in [-0.39, 0.29) is 24.2 Å². The number of nitrogens with one attached hydrogen (secondary N) is 1. The number of carbonyl (C=O) groups is 1. The van der Waals surface area contributed by atoms with Crippen molar-refractivity contribution in [1.82, 2.24) is 4.98 Å². The third-order valence-corrected chi connectivity index (χ3v) is 5.70. The fraction of sp³-hybridized carbons (Fsp3) is 0.733. The number of halogens is 1. The zero-order valence-electron chi connectivity index (χ0n) is 12.3. The molecule has 0 aromatic carbocycles. The van der Waals surface area contributed by atoms with Crippen molar-refractivity contribution >= 4 is 34.8 Å². The van der Waals surface area contributed by atoms with E-state index in [1.807, 2.05) is 0 Å². The first kappa shape index (κ1) is 16.7. The SMILES string of the molecule is Cl.NC[C@H]1CCC[C@H]1C(=O)Nc1nc2c(s1)CCCCC2. The molecule has 2 aliphatic rings. The summed E-state index contributed by atoms with van der Waals surface area (Å²) in [6.45, 7) is 0.618. The molecule has 0 spiro atoms. The van der Waals surface area contributed by atoms with Crippen molar-refractivity contribution in [3.8, 4) is 0 Å². The zero-order chi connectivity index (χ0) is 13.9. The Hall–Kier alpha value is -0.650. The van der Waals surface area contributed by atoms with E-state index in [9.17, 15) is 4.79 Å². The quantitative estimate of drug-likeness (QED) is 0.837. The normalized spacial score (nSPS) is 24.8. The third-order valence-electron chi connectivity index (χ3n) is 4.62. The number of aryl methyl sites for hydroxylation is 2. The van der Waals surface area contributed by atoms with Crippen molar-refractivity contribution in [2.45, 2.75) is 51.4 Å². The molecule has 1 saturated carbocycles. The number of hydrogen-bond acceptors (Lipinski definition) is 4. The summed E-state index contributed by atoms with van der Waals surface area (Å²) in [6.07, 6.45) is 9.14. The third kappa shape index (κ3) is 3.76. The van der Waals surface area contributed by atoms with Crippen LogP contribution in [0.4, 0.5) is 5.13 Å². The second kappa shape index (κ2) is 7.56. The molecule has 21 heavy (non-hydrogen) atoms. The van der Waals surface area contributed by atoms with Gasteiger partial charge in [-0.2, -0.15) is 0 Å². The zero-order valence-corrected chi connectivity index (χ0v) is 13.9. The van der Waals surface area contributed by atoms with Crippen molar-refractivity contribution in [2.75, 3.05) is 11.9 Å². The Morgan fingerprint density at radius 1 is 1.24 bits per heavy atom. The summed E-state index contributed by atoms with van der Waals surface area (Å²) in [5.74, 6) is 0.568. The van der Waals surface area contributed by atoms with Gasteiger partial charge in [0.25, 0.3) is 0 Å². The Morgan fingerprint density at radius 3 is 2.86 bits per heavy atom. The lowest BCUT2D eigenvalue weighted by atomic mass is 9.95. The molecule has 1 aromatic heterocycles. The van der Waals surface area contributed by atoms with Gasteiger partial charge >= 0.3 is 0 Å². The first-order valence-corrected chi connectivity index (χ1v) is 8.59. The number of fused-ring (bicyclic) bond motifs is 1. The van der Waals surface area contributed by atoms with Crippen molar-refractivity contribution in [3.63, 3.8) is 0 Å². The molecule has 0 aliphatic heterocycles. The molecule has 1 fully saturated rings. The molecule has 0 bridgehead atoms. The Morgan fingerprint density at radius 2 is 2.05 bits per heavy atom. The number of hydrogen-bond donors (Lipinski definition) is 2. The van der Waals surface area contributed by atoms with Gasteiger partial charge in [-0.25, -0.2) is 4.98 Å². The molecule has 1 aromatic rings. The summed E-state index contributed by atoms with van der Waals surface area (Å²) in [6, 6.07) is 0. The molecular formula is C15H24ClN3OS. The summed E-state index contributed by atoms with van der Waals surface area (Å²) < 4.78 is 0. The molecule has 0 radical (unpaired) electrons. The van der Waals surface area contributed by atoms with Gasteiger partial charge in [0, 0.05) is 10.8 Å². The van der Waals surface area contributed by atoms with E-state index in [4.69, 9.17) is 5.73 Å². The van der Waals surface area contributed by atoms with Gasteiger partial charge in [-0.1, -0.05) is 12.8 Å². The van der Waals surface area contributed by atoms with Crippen LogP contribution in [0, 0.1) is 11.8 Å². The summed E-state index contributed by atoms with van der Waals surface area (Å²) >= 11 is 1.67. The van der Waals surface area contributed by atoms with E-state index in [1.54, 1.807) is 11.3 Å². The number of amides is 1. The van der Waals surface area contributed by atoms with E-state index in [0.717, 1.165) is 37.2 Å². The van der Waals surface area contributed by atoms with Crippen LogP contribution in [0.15, 0.2) is 0 Å². The predicted molar refractivity (Wildman–Crippen MR) is 89.1 cm³/mol. The average molecular weight is 330 g/mol. The number of carbonyl (C=O) groups excluding carboxylic acids is 1. The Bertz CT molecular complexity index is 468. The molecular weight excluding hydrogens is 306 g/mol. The topological polar surface area (TPSA) is 68.0 Å². The Kier molecular flexibility index (Phi) is 6.02. The first-order valence-electron chi connectivity index (χ1n) is 7.77. The molecule has 1 heterocycles. The average Bonchev–Trinajstić information content (AvgIpc) is 3.01. The van der Waals surface area contributed by atoms with E-state index in [1.165, 1.54) is 29.8 Å². The van der Waals surface area contributed by atoms with E-state index < -0.39 is 0 Å². The van der Waals surface area contributed by atoms with Crippen LogP contribution < -0.4 is 11.1 Å². The lowest BCUT2D eigenvalue weighted by molar-refractivity contribution is -0.120. The Labute approximate surface area is 136 Å². The second-order valence-electron chi connectivity index (χ2n) is 5.97. The van der Waals surface area contributed by atoms with Gasteiger partial charge in [0.2, 0.25) is 5.91 Å². The van der Waals surface area contributed by atoms with Crippen LogP contribution >= 0.6 is 23.7 Å². The van der Waals surface area contributed by atoms with Crippen molar-refractivity contribution < 1.29 is 4.79 Å². The molecule has 4 nitrogen and oxygen atoms in total. The van der Waals surface area contributed by atoms with Crippen molar-refractivity contribution in [2.24, 2.45) is 17.6 Å². The lowest BCUT2D eigenvalue weighted by Crippen LogP contribution is -2.29. The lowest BCUT2D eigenvalue weighted by Gasteiger charge is -2.16. The van der Waals surface area contributed by atoms with Crippen molar-refractivity contribution in [1.29, 1.82) is 0 Å². The second-order valence-corrected chi connectivity index (χ2v) is 7.06. The molecule has 3 rings (SSSR count). The highest BCUT2D eigenvalue weighted by molar-refractivity contribution is 7.15. The molecule has 118 valence electrons. The predicted octanol–water partition coefficient (Wildman–Crippen LogP) is 3.15. The number of nitrogens with two attached hydrogens (primary N) is 1. The molecule has 2 aliphatic carbocycles. The maximum Gasteiger partial charge on any atom is 0.229 e. The van der Waals surface area contributed by atoms with Gasteiger partial charge in [0.05, 0.1) is 5.69 Å². The monoisotopic (exact) mass is 329 g/mol. The van der Waals surface area contributed by atoms with Crippen LogP contribution in [0.1, 0.15) is 49.1 Å². The molecule has 1 amide bonds. The standard InChI is InChI=1S/C15H23N3OS.ClH/c16-9-10-5-4-6-11(10)14(19)18-15-17-12-7-2-1-3-8-13(12)20-15;/h10-11H,1-9,16H2,(H,17,18,19);1H/t10-,11-;/m1./s1. The minimum Gasteiger partial charge on any atom is -0.330 e. The van der Waals surface area contributed by atoms with Gasteiger partial charge in [-0.3, -0.25) is 4.79 Å². The first-order chi connectivity index (χ1) is 9.78. The maximum absolute atomic E-state index is 12.4. The summed E-state index contributed by atoms with van der Waals surface area (Å²) in [7, 11) is 0. The highest BCUT2D eigenvalue weighted by Gasteiger charge is 2.32. The number of thiazole rings is 1. The minimum atomic E-state index is 0. The fourth-order valence-corrected chi connectivity index (χ4v) is 4.50. The fourth-order valence-electron chi connectivity index (χ4n) is 3.44. The molecule has 0 unspecified atom stereocenters. The maximum atomic E-state index is 12.4. The van der Waals surface area contributed by atoms with Gasteiger partial charge < -0.3 is 11.1 Å². The van der Waals surface area contributed by atoms with Gasteiger partial charge in [-0.15, -0.1) is 23.7 Å². The number of anilines is 1. The van der Waals surface area contributed by atoms with Crippen LogP contribution in [-0.2, 0) is 17.6 Å². The van der Waals surface area contributed by atoms with E-state index in [0.29, 0.717) is 12.5 Å². The molecule has 0 saturated heterocycles. The number of rotatable bonds is 3. The highest BCUT2D eigenvalue weighted by atomic mass is 35.5. The van der Waals surface area contributed by atoms with Crippen molar-refractivity contribution in [3.05, 3.63) is 10.6 Å². The van der Waals surface area contributed by atoms with Gasteiger partial charge in [0.1, 0.15) is 0 Å².